The molecule has 0 saturated heterocycles. The Morgan fingerprint density at radius 2 is 0.632 bits per heavy atom. The summed E-state index contributed by atoms with van der Waals surface area (Å²) in [5, 5.41) is 61.2. The van der Waals surface area contributed by atoms with Crippen molar-refractivity contribution in [3.63, 3.8) is 0 Å². The molecule has 0 saturated carbocycles. The molecule has 3 unspecified atom stereocenters. The van der Waals surface area contributed by atoms with Gasteiger partial charge in [-0.3, -0.25) is 4.79 Å². The quantitative estimate of drug-likeness (QED) is 0.00371. The lowest BCUT2D eigenvalue weighted by Gasteiger charge is -2.16. The maximum atomic E-state index is 12.5. The van der Waals surface area contributed by atoms with Crippen molar-refractivity contribution in [2.24, 2.45) is 17.8 Å². The van der Waals surface area contributed by atoms with Gasteiger partial charge in [-0.1, -0.05) is 111 Å². The van der Waals surface area contributed by atoms with Crippen molar-refractivity contribution in [1.82, 2.24) is 14.7 Å². The zero-order valence-corrected chi connectivity index (χ0v) is 78.2. The van der Waals surface area contributed by atoms with E-state index in [4.69, 9.17) is 68.7 Å². The molecule has 0 spiro atoms. The molecular formula is C87H116ClN3O29S5. The highest BCUT2D eigenvalue weighted by molar-refractivity contribution is 8.13. The number of aliphatic hydroxyl groups is 1. The molecule has 690 valence electrons. The lowest BCUT2D eigenvalue weighted by Crippen LogP contribution is -2.25. The number of thiol groups is 2. The molecule has 6 aromatic rings. The monoisotopic (exact) mass is 1860 g/mol. The molecule has 125 heavy (non-hydrogen) atoms. The van der Waals surface area contributed by atoms with Crippen molar-refractivity contribution in [3.05, 3.63) is 176 Å². The van der Waals surface area contributed by atoms with Crippen LogP contribution in [0.4, 0.5) is 4.79 Å². The Morgan fingerprint density at radius 1 is 0.384 bits per heavy atom. The van der Waals surface area contributed by atoms with Gasteiger partial charge in [0, 0.05) is 65.0 Å². The summed E-state index contributed by atoms with van der Waals surface area (Å²) in [7, 11) is 17.7. The van der Waals surface area contributed by atoms with Crippen molar-refractivity contribution < 1.29 is 142 Å². The average molecular weight is 1860 g/mol. The van der Waals surface area contributed by atoms with Crippen LogP contribution in [0.5, 0.6) is 17.2 Å². The maximum Gasteiger partial charge on any atom is 0.338 e. The zero-order chi connectivity index (χ0) is 95.9. The number of aromatic hydroxyl groups is 2. The van der Waals surface area contributed by atoms with Crippen LogP contribution < -0.4 is 4.74 Å². The molecule has 0 aliphatic heterocycles. The van der Waals surface area contributed by atoms with E-state index in [0.717, 1.165) is 93.8 Å². The van der Waals surface area contributed by atoms with Gasteiger partial charge in [0.1, 0.15) is 17.2 Å². The predicted molar refractivity (Wildman–Crippen MR) is 486 cm³/mol. The van der Waals surface area contributed by atoms with Gasteiger partial charge in [-0.2, -0.15) is 0 Å². The Labute approximate surface area is 760 Å². The number of unbranched alkanes of at least 4 members (excludes halogenated alkanes) is 3. The molecular weight excluding hydrogens is 1750 g/mol. The number of hydrogen-bond donors (Lipinski definition) is 9. The summed E-state index contributed by atoms with van der Waals surface area (Å²) in [5.41, 5.74) is 0.925. The van der Waals surface area contributed by atoms with E-state index in [9.17, 15) is 67.4 Å². The van der Waals surface area contributed by atoms with Crippen LogP contribution in [0.1, 0.15) is 244 Å². The summed E-state index contributed by atoms with van der Waals surface area (Å²) >= 11 is 23.9. The standard InChI is InChI=1S/C24H38O4S.2C13H15NO5S.C10H10O5.C8H6O5.C8H6O4S.C8H18O.C3H6ClNS.H2/c1-5-9-11-18(7-3)16-27-23(25)20-13-21(15-22(29)14-20)24(26)28-17-19(8-4)12-10-6-2;1-14(2)13(17)20-10-6-8(11(15)18-3)5-9(7-10)12(16)19-4;1-14(2)13(20)19-10-6-8(11(15)17-3)5-9(7-10)12(16)18-4;1-14-9(12)6-3-7(10(13)15-2)5-8(11)4-6;9-6-2-4(7(10)11)1-5(3-6)8(12)13;9-7(10)4-1-5(8(11)12)3-6(13)2-4;1-3-5-6-8(4-2)7-9;1-5(2)3(4)6;/h13-15,18-19,29H,5-12,16-17H2,1-4H3;2*5-7H,1-4H3;3-5,11H,1-2H3;1-3,9H,(H,10,11)(H,12,13);1-3,13H,(H,9,10)(H,11,12);8-9H,3-7H2,1-2H3;1-2H3;1H/i;;;;;;;;1+1. The highest BCUT2D eigenvalue weighted by Gasteiger charge is 2.22. The number of aromatic carboxylic acids is 4. The first-order chi connectivity index (χ1) is 58.8. The summed E-state index contributed by atoms with van der Waals surface area (Å²) in [6.45, 7) is 14.0. The number of ether oxygens (including phenoxy) is 9. The van der Waals surface area contributed by atoms with E-state index >= 15 is 0 Å². The lowest BCUT2D eigenvalue weighted by atomic mass is 10.0. The van der Waals surface area contributed by atoms with Crippen molar-refractivity contribution in [2.45, 2.75) is 133 Å². The van der Waals surface area contributed by atoms with Gasteiger partial charge in [-0.15, -0.1) is 25.3 Å². The Kier molecular flexibility index (Phi) is 59.2. The summed E-state index contributed by atoms with van der Waals surface area (Å²) in [4.78, 5) is 153. The molecule has 0 heterocycles. The minimum Gasteiger partial charge on any atom is -0.508 e. The van der Waals surface area contributed by atoms with E-state index in [-0.39, 0.29) is 84.7 Å². The Morgan fingerprint density at radius 3 is 0.880 bits per heavy atom. The van der Waals surface area contributed by atoms with E-state index in [2.05, 4.69) is 107 Å². The van der Waals surface area contributed by atoms with Crippen molar-refractivity contribution >= 4 is 160 Å². The minimum atomic E-state index is -1.28. The molecule has 3 atom stereocenters. The second kappa shape index (κ2) is 63.8. The molecule has 0 aliphatic carbocycles. The topological polar surface area (TPSA) is 456 Å². The molecule has 1 amide bonds. The first-order valence-corrected chi connectivity index (χ1v) is 41.4. The number of esters is 8. The van der Waals surface area contributed by atoms with Gasteiger partial charge in [0.2, 0.25) is 0 Å². The second-order valence-electron chi connectivity index (χ2n) is 27.0. The second-order valence-corrected chi connectivity index (χ2v) is 30.4. The number of amides is 1. The molecule has 6 rings (SSSR count). The molecule has 7 N–H and O–H groups in total. The number of carbonyl (C=O) groups excluding carboxylic acids is 9. The first kappa shape index (κ1) is 116. The Hall–Kier alpha value is -11.1. The van der Waals surface area contributed by atoms with Crippen LogP contribution in [0.3, 0.4) is 0 Å². The third-order valence-electron chi connectivity index (χ3n) is 16.8. The number of methoxy groups -OCH3 is 6. The van der Waals surface area contributed by atoms with Gasteiger partial charge in [0.25, 0.3) is 10.4 Å². The lowest BCUT2D eigenvalue weighted by molar-refractivity contribution is 0.0419. The van der Waals surface area contributed by atoms with Crippen molar-refractivity contribution in [2.75, 3.05) is 105 Å². The number of rotatable bonds is 31. The van der Waals surface area contributed by atoms with Crippen LogP contribution in [0, 0.1) is 17.8 Å². The fraction of sp³-hybridized carbons (Fsp3) is 0.414. The van der Waals surface area contributed by atoms with Crippen LogP contribution in [0.15, 0.2) is 124 Å². The third-order valence-corrected chi connectivity index (χ3v) is 19.4. The smallest absolute Gasteiger partial charge is 0.338 e. The van der Waals surface area contributed by atoms with Crippen LogP contribution in [0.25, 0.3) is 0 Å². The highest BCUT2D eigenvalue weighted by atomic mass is 35.5. The number of phenolic OH excluding ortho intramolecular Hbond substituents is 2. The van der Waals surface area contributed by atoms with Crippen molar-refractivity contribution in [3.8, 4) is 17.2 Å². The average Bonchev–Trinajstić information content (AvgIpc) is 0.841. The molecule has 32 nitrogen and oxygen atoms in total. The van der Waals surface area contributed by atoms with Gasteiger partial charge in [0.15, 0.2) is 4.45 Å². The molecule has 0 aliphatic rings. The number of carboxylic acids is 4. The summed E-state index contributed by atoms with van der Waals surface area (Å²) in [6.07, 6.45) is 13.4. The van der Waals surface area contributed by atoms with E-state index in [1.54, 1.807) is 70.3 Å². The van der Waals surface area contributed by atoms with Crippen LogP contribution >= 0.6 is 73.1 Å². The molecule has 38 heteroatoms. The molecule has 0 aromatic heterocycles. The van der Waals surface area contributed by atoms with E-state index < -0.39 is 71.6 Å². The maximum absolute atomic E-state index is 12.5. The van der Waals surface area contributed by atoms with E-state index in [0.29, 0.717) is 67.8 Å². The number of thioether (sulfide) groups is 1. The summed E-state index contributed by atoms with van der Waals surface area (Å²) < 4.78 is 44.2. The Bertz CT molecular complexity index is 4180. The fourth-order valence-corrected chi connectivity index (χ4v) is 11.0. The van der Waals surface area contributed by atoms with Gasteiger partial charge in [-0.05, 0) is 182 Å². The van der Waals surface area contributed by atoms with Gasteiger partial charge in [-0.25, -0.2) is 57.5 Å². The van der Waals surface area contributed by atoms with Crippen molar-refractivity contribution in [1.29, 1.82) is 0 Å². The number of carbonyl (C=O) groups is 13. The number of phenols is 2. The SMILES string of the molecule is CCCCC(CC)CO.CCCCC(CC)COC(=O)c1cc(S)cc(C(=O)OCC(CC)CCCC)c1.CN(C)C(=S)Cl.COC(=O)c1cc(O)cc(C(=O)OC)c1.COC(=O)c1cc(OC(=S)N(C)C)cc(C(=O)OC)c1.COC(=O)c1cc(SC(=O)N(C)C)cc(C(=O)OC)c1.O=C(O)c1cc(O)cc(C(=O)O)c1.O=C(O)c1cc(S)cc(C(=O)O)c1.[2HH]. The number of thiocarbonyl (C=S) groups is 2. The molecule has 6 aromatic carbocycles. The molecule has 0 fully saturated rings. The number of carboxylic acid groups (broad SMARTS) is 4. The largest absolute Gasteiger partial charge is 0.508 e. The number of benzene rings is 6. The van der Waals surface area contributed by atoms with Crippen LogP contribution in [0.2, 0.25) is 0 Å². The van der Waals surface area contributed by atoms with Gasteiger partial charge in [0.05, 0.1) is 123 Å². The van der Waals surface area contributed by atoms with Gasteiger partial charge < -0.3 is 93.1 Å². The Balaban J connectivity index is -0.00000142. The number of aliphatic hydroxyl groups excluding tert-OH is 1. The highest BCUT2D eigenvalue weighted by Crippen LogP contribution is 2.27. The minimum absolute atomic E-state index is 0. The number of hydrogen-bond acceptors (Lipinski definition) is 30. The number of halogens is 1. The van der Waals surface area contributed by atoms with E-state index in [1.807, 2.05) is 0 Å². The van der Waals surface area contributed by atoms with Crippen LogP contribution in [-0.4, -0.2) is 242 Å². The summed E-state index contributed by atoms with van der Waals surface area (Å²) in [5.74, 6) is -8.35. The van der Waals surface area contributed by atoms with Gasteiger partial charge >= 0.3 is 71.6 Å². The first-order valence-electron chi connectivity index (χ1n) is 38.5. The predicted octanol–water partition coefficient (Wildman–Crippen LogP) is 16.9. The molecule has 0 bridgehead atoms. The normalized spacial score (nSPS) is 10.6. The van der Waals surface area contributed by atoms with E-state index in [1.165, 1.54) is 134 Å². The summed E-state index contributed by atoms with van der Waals surface area (Å²) in [6, 6.07) is 23.7. The zero-order valence-electron chi connectivity index (χ0n) is 73.2. The third kappa shape index (κ3) is 47.5. The number of nitrogens with zero attached hydrogens (tertiary/aromatic N) is 3. The fourth-order valence-electron chi connectivity index (χ4n) is 9.56. The molecule has 0 radical (unpaired) electrons. The van der Waals surface area contributed by atoms with Crippen LogP contribution in [-0.2, 0) is 37.9 Å².